The summed E-state index contributed by atoms with van der Waals surface area (Å²) in [4.78, 5) is 2.56. The van der Waals surface area contributed by atoms with Crippen molar-refractivity contribution in [1.82, 2.24) is 4.90 Å². The largest absolute Gasteiger partial charge is 0.379 e. The van der Waals surface area contributed by atoms with Gasteiger partial charge in [-0.15, -0.1) is 0 Å². The Bertz CT molecular complexity index is 1080. The first-order chi connectivity index (χ1) is 15.0. The minimum atomic E-state index is -3.85. The Morgan fingerprint density at radius 2 is 1.68 bits per heavy atom. The number of aryl methyl sites for hydroxylation is 1. The molecule has 1 unspecified atom stereocenters. The Balaban J connectivity index is 1.36. The smallest absolute Gasteiger partial charge is 0.339 e. The van der Waals surface area contributed by atoms with E-state index in [4.69, 9.17) is 8.92 Å². The van der Waals surface area contributed by atoms with Crippen molar-refractivity contribution in [2.24, 2.45) is 0 Å². The molecule has 1 atom stereocenters. The van der Waals surface area contributed by atoms with Gasteiger partial charge in [-0.3, -0.25) is 4.90 Å². The molecule has 0 saturated carbocycles. The molecule has 1 saturated heterocycles. The van der Waals surface area contributed by atoms with Crippen LogP contribution in [0.4, 0.5) is 0 Å². The molecule has 1 heterocycles. The Labute approximate surface area is 184 Å². The van der Waals surface area contributed by atoms with E-state index in [9.17, 15) is 8.42 Å². The predicted octanol–water partition coefficient (Wildman–Crippen LogP) is 4.38. The third-order valence-electron chi connectivity index (χ3n) is 5.48. The number of benzene rings is 3. The van der Waals surface area contributed by atoms with E-state index in [0.717, 1.165) is 37.2 Å². The molecule has 0 aromatic heterocycles. The van der Waals surface area contributed by atoms with Crippen molar-refractivity contribution in [3.05, 3.63) is 95.6 Å². The van der Waals surface area contributed by atoms with Gasteiger partial charge in [0, 0.05) is 19.6 Å². The van der Waals surface area contributed by atoms with Crippen LogP contribution in [0.1, 0.15) is 22.8 Å². The zero-order valence-electron chi connectivity index (χ0n) is 17.6. The summed E-state index contributed by atoms with van der Waals surface area (Å²) in [5, 5.41) is 0. The molecule has 4 rings (SSSR count). The molecule has 0 bridgehead atoms. The lowest BCUT2D eigenvalue weighted by molar-refractivity contribution is -0.0295. The van der Waals surface area contributed by atoms with Gasteiger partial charge < -0.3 is 8.92 Å². The molecule has 0 N–H and O–H groups in total. The lowest BCUT2D eigenvalue weighted by atomic mass is 10.1. The molecule has 0 radical (unpaired) electrons. The Hall–Kier alpha value is -2.67. The Morgan fingerprint density at radius 3 is 2.39 bits per heavy atom. The first-order valence-corrected chi connectivity index (χ1v) is 11.9. The van der Waals surface area contributed by atoms with Crippen molar-refractivity contribution in [1.29, 1.82) is 0 Å². The third-order valence-corrected chi connectivity index (χ3v) is 6.74. The average molecular weight is 438 g/mol. The minimum absolute atomic E-state index is 0.0349. The van der Waals surface area contributed by atoms with Gasteiger partial charge in [-0.25, -0.2) is 0 Å². The maximum absolute atomic E-state index is 12.5. The van der Waals surface area contributed by atoms with Crippen molar-refractivity contribution < 1.29 is 17.3 Å². The zero-order valence-corrected chi connectivity index (χ0v) is 18.4. The number of morpholine rings is 1. The van der Waals surface area contributed by atoms with E-state index < -0.39 is 10.1 Å². The van der Waals surface area contributed by atoms with E-state index in [1.807, 2.05) is 25.1 Å². The van der Waals surface area contributed by atoms with Gasteiger partial charge >= 0.3 is 10.1 Å². The van der Waals surface area contributed by atoms with E-state index >= 15 is 0 Å². The maximum atomic E-state index is 12.5. The zero-order chi connectivity index (χ0) is 21.7. The molecule has 31 heavy (non-hydrogen) atoms. The van der Waals surface area contributed by atoms with Crippen LogP contribution in [0.3, 0.4) is 0 Å². The van der Waals surface area contributed by atoms with E-state index in [1.165, 1.54) is 5.56 Å². The van der Waals surface area contributed by atoms with Crippen LogP contribution >= 0.6 is 0 Å². The first-order valence-electron chi connectivity index (χ1n) is 10.5. The van der Waals surface area contributed by atoms with Crippen LogP contribution in [0.2, 0.25) is 0 Å². The van der Waals surface area contributed by atoms with Crippen molar-refractivity contribution in [3.63, 3.8) is 0 Å². The summed E-state index contributed by atoms with van der Waals surface area (Å²) in [6.45, 7) is 5.31. The quantitative estimate of drug-likeness (QED) is 0.514. The lowest BCUT2D eigenvalue weighted by Crippen LogP contribution is -2.39. The van der Waals surface area contributed by atoms with E-state index in [1.54, 1.807) is 36.4 Å². The highest BCUT2D eigenvalue weighted by molar-refractivity contribution is 7.87. The number of ether oxygens (including phenoxy) is 1. The number of nitrogens with zero attached hydrogens (tertiary/aromatic N) is 1. The second-order valence-electron chi connectivity index (χ2n) is 7.82. The molecule has 3 aromatic rings. The van der Waals surface area contributed by atoms with Crippen LogP contribution in [0.5, 0.6) is 5.75 Å². The van der Waals surface area contributed by atoms with Gasteiger partial charge in [-0.05, 0) is 48.7 Å². The summed E-state index contributed by atoms with van der Waals surface area (Å²) in [6.07, 6.45) is 0.976. The second-order valence-corrected chi connectivity index (χ2v) is 9.36. The van der Waals surface area contributed by atoms with Crippen molar-refractivity contribution in [3.8, 4) is 5.75 Å². The van der Waals surface area contributed by atoms with Gasteiger partial charge in [0.05, 0.1) is 12.7 Å². The minimum Gasteiger partial charge on any atom is -0.379 e. The second kappa shape index (κ2) is 9.64. The Morgan fingerprint density at radius 1 is 0.968 bits per heavy atom. The number of hydrogen-bond donors (Lipinski definition) is 0. The van der Waals surface area contributed by atoms with Gasteiger partial charge in [-0.2, -0.15) is 8.42 Å². The fourth-order valence-corrected chi connectivity index (χ4v) is 4.59. The predicted molar refractivity (Wildman–Crippen MR) is 121 cm³/mol. The molecule has 1 aliphatic heterocycles. The molecule has 1 fully saturated rings. The molecule has 0 amide bonds. The fraction of sp³-hybridized carbons (Fsp3) is 0.280. The van der Waals surface area contributed by atoms with Crippen LogP contribution in [-0.2, 0) is 21.3 Å². The lowest BCUT2D eigenvalue weighted by Gasteiger charge is -2.33. The highest BCUT2D eigenvalue weighted by Crippen LogP contribution is 2.26. The molecule has 162 valence electrons. The van der Waals surface area contributed by atoms with Crippen LogP contribution in [0, 0.1) is 6.92 Å². The summed E-state index contributed by atoms with van der Waals surface area (Å²) in [7, 11) is -3.85. The SMILES string of the molecule is Cc1ccc(S(=O)(=O)Oc2ccc(C3CN(CCc4ccccc4)CCO3)cc2)cc1. The highest BCUT2D eigenvalue weighted by atomic mass is 32.2. The Kier molecular flexibility index (Phi) is 6.70. The van der Waals surface area contributed by atoms with Crippen LogP contribution in [0.25, 0.3) is 0 Å². The topological polar surface area (TPSA) is 55.8 Å². The summed E-state index contributed by atoms with van der Waals surface area (Å²) < 4.78 is 36.2. The highest BCUT2D eigenvalue weighted by Gasteiger charge is 2.22. The van der Waals surface area contributed by atoms with Crippen LogP contribution in [0.15, 0.2) is 83.8 Å². The molecule has 0 spiro atoms. The van der Waals surface area contributed by atoms with E-state index in [2.05, 4.69) is 29.2 Å². The molecule has 5 nitrogen and oxygen atoms in total. The summed E-state index contributed by atoms with van der Waals surface area (Å²) in [5.74, 6) is 0.293. The molecule has 0 aliphatic carbocycles. The van der Waals surface area contributed by atoms with Gasteiger partial charge in [-0.1, -0.05) is 60.2 Å². The van der Waals surface area contributed by atoms with Gasteiger partial charge in [0.25, 0.3) is 0 Å². The maximum Gasteiger partial charge on any atom is 0.339 e. The summed E-state index contributed by atoms with van der Waals surface area (Å²) >= 11 is 0. The van der Waals surface area contributed by atoms with Crippen molar-refractivity contribution in [2.75, 3.05) is 26.2 Å². The van der Waals surface area contributed by atoms with Crippen molar-refractivity contribution in [2.45, 2.75) is 24.3 Å². The van der Waals surface area contributed by atoms with Gasteiger partial charge in [0.15, 0.2) is 0 Å². The monoisotopic (exact) mass is 437 g/mol. The molecular weight excluding hydrogens is 410 g/mol. The van der Waals surface area contributed by atoms with E-state index in [0.29, 0.717) is 12.4 Å². The first kappa shape index (κ1) is 21.6. The van der Waals surface area contributed by atoms with Crippen LogP contribution in [-0.4, -0.2) is 39.6 Å². The third kappa shape index (κ3) is 5.73. The average Bonchev–Trinajstić information content (AvgIpc) is 2.79. The molecule has 3 aromatic carbocycles. The van der Waals surface area contributed by atoms with Crippen LogP contribution < -0.4 is 4.18 Å². The molecule has 1 aliphatic rings. The van der Waals surface area contributed by atoms with Gasteiger partial charge in [0.1, 0.15) is 10.6 Å². The number of rotatable bonds is 7. The molecule has 6 heteroatoms. The summed E-state index contributed by atoms with van der Waals surface area (Å²) in [5.41, 5.74) is 3.35. The molecular formula is C25H27NO4S. The standard InChI is InChI=1S/C25H27NO4S/c1-20-7-13-24(14-8-20)31(27,28)30-23-11-9-22(10-12-23)25-19-26(17-18-29-25)16-15-21-5-3-2-4-6-21/h2-14,25H,15-19H2,1H3. The van der Waals surface area contributed by atoms with E-state index in [-0.39, 0.29) is 11.0 Å². The number of hydrogen-bond acceptors (Lipinski definition) is 5. The van der Waals surface area contributed by atoms with Crippen molar-refractivity contribution >= 4 is 10.1 Å². The normalized spacial score (nSPS) is 17.4. The van der Waals surface area contributed by atoms with Gasteiger partial charge in [0.2, 0.25) is 0 Å². The summed E-state index contributed by atoms with van der Waals surface area (Å²) in [6, 6.07) is 24.2. The fourth-order valence-electron chi connectivity index (χ4n) is 3.66.